The van der Waals surface area contributed by atoms with Gasteiger partial charge >= 0.3 is 14.8 Å². The molecule has 0 aliphatic rings. The molecular formula is C11H22O5Si. The van der Waals surface area contributed by atoms with Gasteiger partial charge in [0.2, 0.25) is 0 Å². The second-order valence-corrected chi connectivity index (χ2v) is 6.64. The van der Waals surface area contributed by atoms with Crippen LogP contribution < -0.4 is 0 Å². The third kappa shape index (κ3) is 3.92. The summed E-state index contributed by atoms with van der Waals surface area (Å²) in [5.74, 6) is -0.354. The zero-order valence-electron chi connectivity index (χ0n) is 11.5. The van der Waals surface area contributed by atoms with Crippen LogP contribution in [-0.4, -0.2) is 42.7 Å². The standard InChI is InChI=1S/C11H22O5Si/c1-7-8-16-11(12)9(2)10(3)17(13-4,14-5)15-6/h7-8H2,1-6H3. The van der Waals surface area contributed by atoms with Gasteiger partial charge in [0.25, 0.3) is 0 Å². The molecule has 0 atom stereocenters. The fraction of sp³-hybridized carbons (Fsp3) is 0.727. The lowest BCUT2D eigenvalue weighted by Crippen LogP contribution is -2.45. The molecule has 0 aromatic rings. The highest BCUT2D eigenvalue weighted by atomic mass is 28.4. The molecule has 0 saturated carbocycles. The maximum absolute atomic E-state index is 11.7. The first kappa shape index (κ1) is 16.3. The van der Waals surface area contributed by atoms with Crippen LogP contribution in [0.5, 0.6) is 0 Å². The van der Waals surface area contributed by atoms with Crippen molar-refractivity contribution in [2.75, 3.05) is 27.9 Å². The molecule has 0 aromatic carbocycles. The van der Waals surface area contributed by atoms with E-state index in [0.717, 1.165) is 6.42 Å². The van der Waals surface area contributed by atoms with Gasteiger partial charge in [-0.25, -0.2) is 4.79 Å². The van der Waals surface area contributed by atoms with Gasteiger partial charge in [0, 0.05) is 32.1 Å². The Kier molecular flexibility index (Phi) is 7.29. The molecule has 5 nitrogen and oxygen atoms in total. The van der Waals surface area contributed by atoms with E-state index in [1.165, 1.54) is 21.3 Å². The van der Waals surface area contributed by atoms with Crippen molar-refractivity contribution in [3.8, 4) is 0 Å². The Labute approximate surface area is 104 Å². The molecular weight excluding hydrogens is 240 g/mol. The van der Waals surface area contributed by atoms with E-state index in [9.17, 15) is 4.79 Å². The molecule has 0 rings (SSSR count). The summed E-state index contributed by atoms with van der Waals surface area (Å²) >= 11 is 0. The predicted molar refractivity (Wildman–Crippen MR) is 66.4 cm³/mol. The average molecular weight is 262 g/mol. The van der Waals surface area contributed by atoms with Crippen LogP contribution in [0.25, 0.3) is 0 Å². The van der Waals surface area contributed by atoms with Crippen molar-refractivity contribution < 1.29 is 22.8 Å². The Hall–Kier alpha value is -0.693. The highest BCUT2D eigenvalue weighted by Gasteiger charge is 2.42. The molecule has 6 heteroatoms. The first-order chi connectivity index (χ1) is 7.98. The smallest absolute Gasteiger partial charge is 0.462 e. The largest absolute Gasteiger partial charge is 0.532 e. The molecule has 0 heterocycles. The SMILES string of the molecule is CCCOC(=O)C(C)=C(C)[Si](OC)(OC)OC. The number of allylic oxidation sites excluding steroid dienone is 1. The monoisotopic (exact) mass is 262 g/mol. The number of hydrogen-bond donors (Lipinski definition) is 0. The van der Waals surface area contributed by atoms with Crippen LogP contribution in [0.4, 0.5) is 0 Å². The molecule has 0 fully saturated rings. The lowest BCUT2D eigenvalue weighted by atomic mass is 10.3. The third-order valence-corrected chi connectivity index (χ3v) is 5.48. The minimum atomic E-state index is -2.91. The predicted octanol–water partition coefficient (Wildman–Crippen LogP) is 1.69. The van der Waals surface area contributed by atoms with E-state index in [1.54, 1.807) is 13.8 Å². The quantitative estimate of drug-likeness (QED) is 0.397. The van der Waals surface area contributed by atoms with Crippen molar-refractivity contribution in [2.24, 2.45) is 0 Å². The van der Waals surface area contributed by atoms with Crippen LogP contribution in [0, 0.1) is 0 Å². The lowest BCUT2D eigenvalue weighted by molar-refractivity contribution is -0.139. The summed E-state index contributed by atoms with van der Waals surface area (Å²) in [6.45, 7) is 5.81. The summed E-state index contributed by atoms with van der Waals surface area (Å²) in [5.41, 5.74) is 0.482. The Balaban J connectivity index is 5.05. The zero-order chi connectivity index (χ0) is 13.5. The third-order valence-electron chi connectivity index (χ3n) is 2.57. The second-order valence-electron chi connectivity index (χ2n) is 3.55. The molecule has 0 bridgehead atoms. The number of carbonyl (C=O) groups is 1. The molecule has 0 amide bonds. The average Bonchev–Trinajstić information content (AvgIpc) is 2.37. The Morgan fingerprint density at radius 1 is 1.06 bits per heavy atom. The molecule has 0 radical (unpaired) electrons. The van der Waals surface area contributed by atoms with Gasteiger partial charge in [-0.1, -0.05) is 6.92 Å². The van der Waals surface area contributed by atoms with Gasteiger partial charge in [-0.15, -0.1) is 0 Å². The Bertz CT molecular complexity index is 275. The van der Waals surface area contributed by atoms with E-state index in [-0.39, 0.29) is 5.97 Å². The summed E-state index contributed by atoms with van der Waals surface area (Å²) < 4.78 is 21.0. The van der Waals surface area contributed by atoms with Crippen molar-refractivity contribution in [1.29, 1.82) is 0 Å². The lowest BCUT2D eigenvalue weighted by Gasteiger charge is -2.26. The van der Waals surface area contributed by atoms with Gasteiger partial charge in [-0.3, -0.25) is 0 Å². The number of carbonyl (C=O) groups excluding carboxylic acids is 1. The summed E-state index contributed by atoms with van der Waals surface area (Å²) in [6, 6.07) is 0. The molecule has 0 aliphatic carbocycles. The molecule has 100 valence electrons. The van der Waals surface area contributed by atoms with Crippen LogP contribution in [-0.2, 0) is 22.8 Å². The number of ether oxygens (including phenoxy) is 1. The van der Waals surface area contributed by atoms with Gasteiger partial charge in [-0.05, 0) is 20.3 Å². The van der Waals surface area contributed by atoms with E-state index in [1.807, 2.05) is 6.92 Å². The molecule has 0 saturated heterocycles. The number of rotatable bonds is 7. The van der Waals surface area contributed by atoms with Crippen LogP contribution in [0.15, 0.2) is 10.8 Å². The maximum Gasteiger partial charge on any atom is 0.532 e. The minimum absolute atomic E-state index is 0.354. The van der Waals surface area contributed by atoms with Crippen molar-refractivity contribution in [3.05, 3.63) is 10.8 Å². The van der Waals surface area contributed by atoms with Gasteiger partial charge < -0.3 is 18.0 Å². The first-order valence-corrected chi connectivity index (χ1v) is 7.22. The summed E-state index contributed by atoms with van der Waals surface area (Å²) in [6.07, 6.45) is 0.791. The summed E-state index contributed by atoms with van der Waals surface area (Å²) in [4.78, 5) is 11.7. The topological polar surface area (TPSA) is 54.0 Å². The van der Waals surface area contributed by atoms with E-state index in [0.29, 0.717) is 17.4 Å². The molecule has 0 aliphatic heterocycles. The van der Waals surface area contributed by atoms with Crippen molar-refractivity contribution in [3.63, 3.8) is 0 Å². The normalized spacial score (nSPS) is 13.3. The fourth-order valence-corrected chi connectivity index (χ4v) is 3.37. The molecule has 0 aromatic heterocycles. The van der Waals surface area contributed by atoms with Crippen LogP contribution in [0.1, 0.15) is 27.2 Å². The van der Waals surface area contributed by atoms with Gasteiger partial charge in [-0.2, -0.15) is 0 Å². The van der Waals surface area contributed by atoms with E-state index in [4.69, 9.17) is 18.0 Å². The second kappa shape index (κ2) is 7.60. The molecule has 17 heavy (non-hydrogen) atoms. The fourth-order valence-electron chi connectivity index (χ4n) is 1.40. The van der Waals surface area contributed by atoms with E-state index in [2.05, 4.69) is 0 Å². The van der Waals surface area contributed by atoms with Crippen LogP contribution in [0.3, 0.4) is 0 Å². The van der Waals surface area contributed by atoms with E-state index >= 15 is 0 Å². The minimum Gasteiger partial charge on any atom is -0.462 e. The first-order valence-electron chi connectivity index (χ1n) is 5.49. The van der Waals surface area contributed by atoms with E-state index < -0.39 is 8.80 Å². The highest BCUT2D eigenvalue weighted by Crippen LogP contribution is 2.21. The maximum atomic E-state index is 11.7. The molecule has 0 unspecified atom stereocenters. The van der Waals surface area contributed by atoms with Crippen molar-refractivity contribution >= 4 is 14.8 Å². The Morgan fingerprint density at radius 3 is 1.88 bits per heavy atom. The number of esters is 1. The summed E-state index contributed by atoms with van der Waals surface area (Å²) in [7, 11) is 1.61. The van der Waals surface area contributed by atoms with Gasteiger partial charge in [0.1, 0.15) is 0 Å². The Morgan fingerprint density at radius 2 is 1.53 bits per heavy atom. The van der Waals surface area contributed by atoms with Crippen LogP contribution in [0.2, 0.25) is 0 Å². The number of hydrogen-bond acceptors (Lipinski definition) is 5. The molecule has 0 spiro atoms. The van der Waals surface area contributed by atoms with Crippen molar-refractivity contribution in [2.45, 2.75) is 27.2 Å². The van der Waals surface area contributed by atoms with Crippen molar-refractivity contribution in [1.82, 2.24) is 0 Å². The van der Waals surface area contributed by atoms with Crippen LogP contribution >= 0.6 is 0 Å². The van der Waals surface area contributed by atoms with Gasteiger partial charge in [0.15, 0.2) is 0 Å². The summed E-state index contributed by atoms with van der Waals surface area (Å²) in [5, 5.41) is 0.672. The highest BCUT2D eigenvalue weighted by molar-refractivity contribution is 6.69. The van der Waals surface area contributed by atoms with Gasteiger partial charge in [0.05, 0.1) is 6.61 Å². The molecule has 0 N–H and O–H groups in total. The zero-order valence-corrected chi connectivity index (χ0v) is 12.5.